The molecule has 1 aromatic carbocycles. The van der Waals surface area contributed by atoms with Gasteiger partial charge in [-0.1, -0.05) is 43.2 Å². The molecule has 0 saturated heterocycles. The van der Waals surface area contributed by atoms with Crippen molar-refractivity contribution in [1.29, 1.82) is 5.26 Å². The lowest BCUT2D eigenvalue weighted by molar-refractivity contribution is -0.120. The maximum atomic E-state index is 12.4. The summed E-state index contributed by atoms with van der Waals surface area (Å²) in [6.45, 7) is 4.13. The van der Waals surface area contributed by atoms with Crippen LogP contribution in [0.2, 0.25) is 0 Å². The number of hydrogen-bond acceptors (Lipinski definition) is 4. The molecule has 0 radical (unpaired) electrons. The Hall–Kier alpha value is -2.26. The second-order valence-corrected chi connectivity index (χ2v) is 7.90. The van der Waals surface area contributed by atoms with E-state index in [4.69, 9.17) is 0 Å². The summed E-state index contributed by atoms with van der Waals surface area (Å²) in [5.41, 5.74) is 2.73. The molecule has 1 fully saturated rings. The second kappa shape index (κ2) is 7.96. The Bertz CT molecular complexity index is 831. The molecule has 26 heavy (non-hydrogen) atoms. The predicted octanol–water partition coefficient (Wildman–Crippen LogP) is 3.92. The Labute approximate surface area is 158 Å². The summed E-state index contributed by atoms with van der Waals surface area (Å²) in [5, 5.41) is 13.3. The molecule has 0 spiro atoms. The molecule has 1 aliphatic carbocycles. The summed E-state index contributed by atoms with van der Waals surface area (Å²) in [5.74, 6) is 0.152. The molecule has 1 aliphatic rings. The third kappa shape index (κ3) is 4.10. The maximum absolute atomic E-state index is 12.4. The largest absolute Gasteiger partial charge is 0.337 e. The van der Waals surface area contributed by atoms with Gasteiger partial charge >= 0.3 is 0 Å². The molecular formula is C20H24N4OS. The Morgan fingerprint density at radius 2 is 2.12 bits per heavy atom. The third-order valence-electron chi connectivity index (χ3n) is 4.86. The molecule has 6 heteroatoms. The van der Waals surface area contributed by atoms with E-state index in [0.717, 1.165) is 48.5 Å². The monoisotopic (exact) mass is 368 g/mol. The zero-order valence-corrected chi connectivity index (χ0v) is 16.1. The van der Waals surface area contributed by atoms with Gasteiger partial charge in [-0.3, -0.25) is 9.36 Å². The van der Waals surface area contributed by atoms with Crippen molar-refractivity contribution < 1.29 is 4.79 Å². The van der Waals surface area contributed by atoms with E-state index in [1.54, 1.807) is 6.20 Å². The first kappa shape index (κ1) is 18.5. The molecule has 1 saturated carbocycles. The smallest absolute Gasteiger partial charge is 0.231 e. The van der Waals surface area contributed by atoms with Crippen molar-refractivity contribution >= 4 is 17.7 Å². The van der Waals surface area contributed by atoms with Crippen LogP contribution in [0, 0.1) is 25.2 Å². The normalized spacial score (nSPS) is 16.0. The lowest BCUT2D eigenvalue weighted by Crippen LogP contribution is -2.49. The minimum Gasteiger partial charge on any atom is -0.337 e. The number of carbonyl (C=O) groups is 1. The number of nitriles is 1. The Morgan fingerprint density at radius 1 is 1.35 bits per heavy atom. The van der Waals surface area contributed by atoms with Crippen molar-refractivity contribution in [3.8, 4) is 11.8 Å². The first-order valence-electron chi connectivity index (χ1n) is 8.99. The van der Waals surface area contributed by atoms with Crippen LogP contribution in [0.15, 0.2) is 35.7 Å². The molecule has 2 aromatic rings. The van der Waals surface area contributed by atoms with Crippen LogP contribution in [-0.4, -0.2) is 26.8 Å². The summed E-state index contributed by atoms with van der Waals surface area (Å²) in [6, 6.07) is 8.62. The van der Waals surface area contributed by atoms with Crippen molar-refractivity contribution in [2.45, 2.75) is 56.6 Å². The highest BCUT2D eigenvalue weighted by Gasteiger charge is 2.33. The Balaban J connectivity index is 1.68. The molecule has 0 aliphatic heterocycles. The van der Waals surface area contributed by atoms with Gasteiger partial charge in [0.2, 0.25) is 5.91 Å². The molecular weight excluding hydrogens is 344 g/mol. The fourth-order valence-corrected chi connectivity index (χ4v) is 4.18. The summed E-state index contributed by atoms with van der Waals surface area (Å²) < 4.78 is 2.01. The van der Waals surface area contributed by atoms with Gasteiger partial charge in [0.25, 0.3) is 0 Å². The summed E-state index contributed by atoms with van der Waals surface area (Å²) in [6.07, 6.45) is 8.30. The van der Waals surface area contributed by atoms with Gasteiger partial charge in [0.05, 0.1) is 17.5 Å². The predicted molar refractivity (Wildman–Crippen MR) is 103 cm³/mol. The summed E-state index contributed by atoms with van der Waals surface area (Å²) >= 11 is 1.40. The van der Waals surface area contributed by atoms with Gasteiger partial charge in [-0.2, -0.15) is 5.26 Å². The number of thioether (sulfide) groups is 1. The first-order chi connectivity index (χ1) is 12.5. The summed E-state index contributed by atoms with van der Waals surface area (Å²) in [4.78, 5) is 16.8. The number of aryl methyl sites for hydroxylation is 2. The average molecular weight is 369 g/mol. The van der Waals surface area contributed by atoms with E-state index < -0.39 is 5.54 Å². The molecule has 1 heterocycles. The fourth-order valence-electron chi connectivity index (χ4n) is 3.41. The van der Waals surface area contributed by atoms with E-state index in [0.29, 0.717) is 0 Å². The number of aromatic nitrogens is 2. The number of benzene rings is 1. The van der Waals surface area contributed by atoms with Gasteiger partial charge in [0.1, 0.15) is 5.54 Å². The van der Waals surface area contributed by atoms with Crippen LogP contribution in [0.5, 0.6) is 0 Å². The minimum atomic E-state index is -0.682. The van der Waals surface area contributed by atoms with Crippen molar-refractivity contribution in [1.82, 2.24) is 14.9 Å². The molecule has 1 N–H and O–H groups in total. The third-order valence-corrected chi connectivity index (χ3v) is 5.83. The van der Waals surface area contributed by atoms with Crippen LogP contribution in [0.25, 0.3) is 5.69 Å². The number of nitrogens with zero attached hydrogens (tertiary/aromatic N) is 3. The van der Waals surface area contributed by atoms with Crippen LogP contribution in [-0.2, 0) is 4.79 Å². The standard InChI is InChI=1S/C20H24N4OS/c1-15-6-7-16(2)17(12-15)24-11-10-22-19(24)26-13-18(25)23-20(14-21)8-4-3-5-9-20/h6-7,10-12H,3-5,8-9,13H2,1-2H3,(H,23,25). The zero-order valence-electron chi connectivity index (χ0n) is 15.3. The van der Waals surface area contributed by atoms with E-state index in [9.17, 15) is 10.1 Å². The average Bonchev–Trinajstić information content (AvgIpc) is 3.11. The van der Waals surface area contributed by atoms with Gasteiger partial charge in [-0.25, -0.2) is 4.98 Å². The summed E-state index contributed by atoms with van der Waals surface area (Å²) in [7, 11) is 0. The van der Waals surface area contributed by atoms with Gasteiger partial charge in [-0.15, -0.1) is 0 Å². The van der Waals surface area contributed by atoms with Crippen molar-refractivity contribution in [3.63, 3.8) is 0 Å². The molecule has 3 rings (SSSR count). The highest BCUT2D eigenvalue weighted by molar-refractivity contribution is 7.99. The quantitative estimate of drug-likeness (QED) is 0.812. The van der Waals surface area contributed by atoms with E-state index >= 15 is 0 Å². The van der Waals surface area contributed by atoms with Crippen LogP contribution in [0.3, 0.4) is 0 Å². The Morgan fingerprint density at radius 3 is 2.85 bits per heavy atom. The van der Waals surface area contributed by atoms with E-state index in [2.05, 4.69) is 48.4 Å². The van der Waals surface area contributed by atoms with Crippen LogP contribution < -0.4 is 5.32 Å². The maximum Gasteiger partial charge on any atom is 0.231 e. The van der Waals surface area contributed by atoms with Crippen LogP contribution in [0.4, 0.5) is 0 Å². The van der Waals surface area contributed by atoms with Gasteiger partial charge in [0, 0.05) is 12.4 Å². The number of carbonyl (C=O) groups excluding carboxylic acids is 1. The van der Waals surface area contributed by atoms with Crippen LogP contribution in [0.1, 0.15) is 43.2 Å². The van der Waals surface area contributed by atoms with Gasteiger partial charge < -0.3 is 5.32 Å². The molecule has 1 aromatic heterocycles. The number of nitrogens with one attached hydrogen (secondary N) is 1. The zero-order chi connectivity index (χ0) is 18.6. The molecule has 5 nitrogen and oxygen atoms in total. The van der Waals surface area contributed by atoms with Crippen molar-refractivity contribution in [2.75, 3.05) is 5.75 Å². The fraction of sp³-hybridized carbons (Fsp3) is 0.450. The van der Waals surface area contributed by atoms with Gasteiger partial charge in [0.15, 0.2) is 5.16 Å². The highest BCUT2D eigenvalue weighted by atomic mass is 32.2. The van der Waals surface area contributed by atoms with Crippen molar-refractivity contribution in [3.05, 3.63) is 41.7 Å². The minimum absolute atomic E-state index is 0.103. The molecule has 0 unspecified atom stereocenters. The number of hydrogen-bond donors (Lipinski definition) is 1. The first-order valence-corrected chi connectivity index (χ1v) is 9.98. The van der Waals surface area contributed by atoms with Crippen molar-refractivity contribution in [2.24, 2.45) is 0 Å². The number of amides is 1. The van der Waals surface area contributed by atoms with E-state index in [1.165, 1.54) is 17.3 Å². The topological polar surface area (TPSA) is 70.7 Å². The molecule has 0 bridgehead atoms. The van der Waals surface area contributed by atoms with Crippen LogP contribution >= 0.6 is 11.8 Å². The van der Waals surface area contributed by atoms with E-state index in [1.807, 2.05) is 10.8 Å². The lowest BCUT2D eigenvalue weighted by Gasteiger charge is -2.31. The number of rotatable bonds is 5. The second-order valence-electron chi connectivity index (χ2n) is 6.96. The van der Waals surface area contributed by atoms with E-state index in [-0.39, 0.29) is 11.7 Å². The molecule has 1 amide bonds. The SMILES string of the molecule is Cc1ccc(C)c(-n2ccnc2SCC(=O)NC2(C#N)CCCCC2)c1. The Kier molecular flexibility index (Phi) is 5.67. The van der Waals surface area contributed by atoms with Gasteiger partial charge in [-0.05, 0) is 43.9 Å². The number of imidazole rings is 1. The lowest BCUT2D eigenvalue weighted by atomic mass is 9.83. The molecule has 136 valence electrons. The molecule has 0 atom stereocenters. The highest BCUT2D eigenvalue weighted by Crippen LogP contribution is 2.28.